The molecule has 0 aliphatic rings. The zero-order chi connectivity index (χ0) is 14.5. The number of carbonyl (C=O) groups excluding carboxylic acids is 1. The van der Waals surface area contributed by atoms with Crippen LogP contribution in [0.4, 0.5) is 10.1 Å². The Morgan fingerprint density at radius 1 is 1.35 bits per heavy atom. The molecule has 0 saturated carbocycles. The number of carbonyl (C=O) groups is 1. The quantitative estimate of drug-likeness (QED) is 0.807. The molecule has 6 heteroatoms. The number of benzene rings is 1. The molecular formula is C14H13BrFNO2S. The summed E-state index contributed by atoms with van der Waals surface area (Å²) in [7, 11) is 0. The predicted molar refractivity (Wildman–Crippen MR) is 81.4 cm³/mol. The zero-order valence-corrected chi connectivity index (χ0v) is 13.1. The third-order valence-corrected chi connectivity index (χ3v) is 4.24. The summed E-state index contributed by atoms with van der Waals surface area (Å²) in [4.78, 5) is 12.9. The lowest BCUT2D eigenvalue weighted by Crippen LogP contribution is -2.22. The summed E-state index contributed by atoms with van der Waals surface area (Å²) in [5.41, 5.74) is 0.661. The van der Waals surface area contributed by atoms with E-state index in [0.717, 1.165) is 8.66 Å². The molecular weight excluding hydrogens is 345 g/mol. The van der Waals surface area contributed by atoms with Gasteiger partial charge >= 0.3 is 5.97 Å². The van der Waals surface area contributed by atoms with E-state index < -0.39 is 6.04 Å². The molecule has 0 fully saturated rings. The number of ether oxygens (including phenoxy) is 1. The van der Waals surface area contributed by atoms with Crippen molar-refractivity contribution in [1.82, 2.24) is 0 Å². The van der Waals surface area contributed by atoms with Gasteiger partial charge in [0.15, 0.2) is 6.04 Å². The number of anilines is 1. The lowest BCUT2D eigenvalue weighted by atomic mass is 10.2. The van der Waals surface area contributed by atoms with Crippen molar-refractivity contribution >= 4 is 38.9 Å². The highest BCUT2D eigenvalue weighted by atomic mass is 79.9. The Balaban J connectivity index is 2.22. The minimum absolute atomic E-state index is 0.312. The summed E-state index contributed by atoms with van der Waals surface area (Å²) in [5.74, 6) is -0.673. The number of halogens is 2. The van der Waals surface area contributed by atoms with Gasteiger partial charge in [-0.2, -0.15) is 0 Å². The van der Waals surface area contributed by atoms with E-state index in [1.165, 1.54) is 23.5 Å². The molecule has 2 aromatic rings. The molecule has 1 heterocycles. The van der Waals surface area contributed by atoms with Gasteiger partial charge in [0.05, 0.1) is 10.4 Å². The van der Waals surface area contributed by atoms with Crippen LogP contribution >= 0.6 is 27.3 Å². The Morgan fingerprint density at radius 3 is 2.60 bits per heavy atom. The van der Waals surface area contributed by atoms with Gasteiger partial charge in [0, 0.05) is 10.6 Å². The molecule has 0 spiro atoms. The molecule has 0 radical (unpaired) electrons. The van der Waals surface area contributed by atoms with Gasteiger partial charge in [-0.3, -0.25) is 0 Å². The van der Waals surface area contributed by atoms with Crippen LogP contribution in [0.15, 0.2) is 40.2 Å². The van der Waals surface area contributed by atoms with Crippen LogP contribution in [0.2, 0.25) is 0 Å². The highest BCUT2D eigenvalue weighted by Gasteiger charge is 2.23. The summed E-state index contributed by atoms with van der Waals surface area (Å²) in [6.45, 7) is 2.07. The van der Waals surface area contributed by atoms with Crippen molar-refractivity contribution in [3.05, 3.63) is 50.9 Å². The first kappa shape index (κ1) is 15.0. The van der Waals surface area contributed by atoms with E-state index in [4.69, 9.17) is 4.74 Å². The molecule has 0 amide bonds. The maximum absolute atomic E-state index is 12.9. The van der Waals surface area contributed by atoms with Crippen molar-refractivity contribution in [2.75, 3.05) is 11.9 Å². The third kappa shape index (κ3) is 3.80. The topological polar surface area (TPSA) is 38.3 Å². The first-order valence-electron chi connectivity index (χ1n) is 6.04. The van der Waals surface area contributed by atoms with E-state index in [-0.39, 0.29) is 11.8 Å². The smallest absolute Gasteiger partial charge is 0.334 e. The number of thiophene rings is 1. The molecule has 1 atom stereocenters. The maximum atomic E-state index is 12.9. The second-order valence-corrected chi connectivity index (χ2v) is 6.47. The monoisotopic (exact) mass is 357 g/mol. The molecule has 20 heavy (non-hydrogen) atoms. The van der Waals surface area contributed by atoms with Crippen molar-refractivity contribution in [1.29, 1.82) is 0 Å². The number of hydrogen-bond donors (Lipinski definition) is 1. The average molecular weight is 358 g/mol. The second-order valence-electron chi connectivity index (χ2n) is 3.98. The summed E-state index contributed by atoms with van der Waals surface area (Å²) < 4.78 is 18.9. The van der Waals surface area contributed by atoms with Crippen LogP contribution < -0.4 is 5.32 Å². The molecule has 1 unspecified atom stereocenters. The summed E-state index contributed by atoms with van der Waals surface area (Å²) >= 11 is 4.82. The van der Waals surface area contributed by atoms with Crippen molar-refractivity contribution in [3.63, 3.8) is 0 Å². The van der Waals surface area contributed by atoms with Gasteiger partial charge in [0.2, 0.25) is 0 Å². The van der Waals surface area contributed by atoms with Gasteiger partial charge in [-0.05, 0) is 59.3 Å². The zero-order valence-electron chi connectivity index (χ0n) is 10.7. The largest absolute Gasteiger partial charge is 0.464 e. The van der Waals surface area contributed by atoms with Crippen molar-refractivity contribution in [2.45, 2.75) is 13.0 Å². The van der Waals surface area contributed by atoms with Gasteiger partial charge in [0.25, 0.3) is 0 Å². The van der Waals surface area contributed by atoms with Gasteiger partial charge in [0.1, 0.15) is 5.82 Å². The minimum atomic E-state index is -0.600. The molecule has 0 saturated heterocycles. The van der Waals surface area contributed by atoms with Gasteiger partial charge in [-0.25, -0.2) is 9.18 Å². The molecule has 106 valence electrons. The Hall–Kier alpha value is -1.40. The van der Waals surface area contributed by atoms with Crippen molar-refractivity contribution in [3.8, 4) is 0 Å². The third-order valence-electron chi connectivity index (χ3n) is 2.56. The SMILES string of the molecule is CCOC(=O)C(Nc1ccc(F)cc1)c1ccc(Br)s1. The van der Waals surface area contributed by atoms with Crippen LogP contribution in [0.5, 0.6) is 0 Å². The molecule has 0 bridgehead atoms. The van der Waals surface area contributed by atoms with Crippen LogP contribution in [0.3, 0.4) is 0 Å². The molecule has 2 rings (SSSR count). The molecule has 1 aromatic heterocycles. The van der Waals surface area contributed by atoms with Crippen LogP contribution in [0.25, 0.3) is 0 Å². The average Bonchev–Trinajstić information content (AvgIpc) is 2.84. The van der Waals surface area contributed by atoms with Crippen molar-refractivity contribution < 1.29 is 13.9 Å². The molecule has 0 aliphatic heterocycles. The number of hydrogen-bond acceptors (Lipinski definition) is 4. The van der Waals surface area contributed by atoms with E-state index in [9.17, 15) is 9.18 Å². The molecule has 0 aliphatic carbocycles. The number of rotatable bonds is 5. The lowest BCUT2D eigenvalue weighted by Gasteiger charge is -2.17. The van der Waals surface area contributed by atoms with Crippen LogP contribution in [0.1, 0.15) is 17.8 Å². The van der Waals surface area contributed by atoms with E-state index in [1.54, 1.807) is 19.1 Å². The molecule has 3 nitrogen and oxygen atoms in total. The van der Waals surface area contributed by atoms with Gasteiger partial charge < -0.3 is 10.1 Å². The fraction of sp³-hybridized carbons (Fsp3) is 0.214. The van der Waals surface area contributed by atoms with Gasteiger partial charge in [-0.15, -0.1) is 11.3 Å². The fourth-order valence-corrected chi connectivity index (χ4v) is 3.13. The molecule has 1 N–H and O–H groups in total. The van der Waals surface area contributed by atoms with Crippen LogP contribution in [-0.4, -0.2) is 12.6 Å². The standard InChI is InChI=1S/C14H13BrFNO2S/c1-2-19-14(18)13(11-7-8-12(15)20-11)17-10-5-3-9(16)4-6-10/h3-8,13,17H,2H2,1H3. The highest BCUT2D eigenvalue weighted by molar-refractivity contribution is 9.11. The Morgan fingerprint density at radius 2 is 2.05 bits per heavy atom. The van der Waals surface area contributed by atoms with E-state index >= 15 is 0 Å². The van der Waals surface area contributed by atoms with E-state index in [1.807, 2.05) is 12.1 Å². The van der Waals surface area contributed by atoms with Crippen LogP contribution in [0, 0.1) is 5.82 Å². The van der Waals surface area contributed by atoms with Crippen LogP contribution in [-0.2, 0) is 9.53 Å². The Kier molecular flexibility index (Phi) is 5.14. The van der Waals surface area contributed by atoms with E-state index in [2.05, 4.69) is 21.2 Å². The second kappa shape index (κ2) is 6.85. The summed E-state index contributed by atoms with van der Waals surface area (Å²) in [5, 5.41) is 3.07. The lowest BCUT2D eigenvalue weighted by molar-refractivity contribution is -0.144. The van der Waals surface area contributed by atoms with E-state index in [0.29, 0.717) is 12.3 Å². The minimum Gasteiger partial charge on any atom is -0.464 e. The number of nitrogens with one attached hydrogen (secondary N) is 1. The first-order valence-corrected chi connectivity index (χ1v) is 7.65. The van der Waals surface area contributed by atoms with Gasteiger partial charge in [-0.1, -0.05) is 0 Å². The first-order chi connectivity index (χ1) is 9.60. The van der Waals surface area contributed by atoms with Crippen molar-refractivity contribution in [2.24, 2.45) is 0 Å². The normalized spacial score (nSPS) is 11.9. The Labute approximate surface area is 128 Å². The summed E-state index contributed by atoms with van der Waals surface area (Å²) in [6.07, 6.45) is 0. The number of esters is 1. The maximum Gasteiger partial charge on any atom is 0.334 e. The highest BCUT2D eigenvalue weighted by Crippen LogP contribution is 2.30. The molecule has 1 aromatic carbocycles. The summed E-state index contributed by atoms with van der Waals surface area (Å²) in [6, 6.07) is 8.99. The Bertz CT molecular complexity index is 585. The fourth-order valence-electron chi connectivity index (χ4n) is 1.67. The predicted octanol–water partition coefficient (Wildman–Crippen LogP) is 4.37.